The molecule has 0 spiro atoms. The number of nitrogens with one attached hydrogen (secondary N) is 1. The molecule has 0 radical (unpaired) electrons. The molecular formula is C15H16F3NO. The molecule has 2 aliphatic rings. The molecule has 0 amide bonds. The highest BCUT2D eigenvalue weighted by Gasteiger charge is 2.33. The van der Waals surface area contributed by atoms with Crippen LogP contribution in [0.25, 0.3) is 0 Å². The third-order valence-corrected chi connectivity index (χ3v) is 3.75. The van der Waals surface area contributed by atoms with E-state index >= 15 is 0 Å². The maximum atomic E-state index is 13.0. The van der Waals surface area contributed by atoms with Crippen LogP contribution in [0.1, 0.15) is 17.5 Å². The molecule has 0 saturated carbocycles. The van der Waals surface area contributed by atoms with E-state index in [1.807, 2.05) is 6.08 Å². The van der Waals surface area contributed by atoms with Gasteiger partial charge in [-0.05, 0) is 24.5 Å². The largest absolute Gasteiger partial charge is 0.416 e. The average Bonchev–Trinajstić information content (AvgIpc) is 2.37. The zero-order valence-electron chi connectivity index (χ0n) is 10.9. The SMILES string of the molecule is FC(F)(F)c1ccccc1CC1=CC2COCC(C1)N2. The lowest BCUT2D eigenvalue weighted by molar-refractivity contribution is -0.138. The Labute approximate surface area is 115 Å². The highest BCUT2D eigenvalue weighted by atomic mass is 19.4. The van der Waals surface area contributed by atoms with Crippen LogP contribution in [0, 0.1) is 0 Å². The number of rotatable bonds is 2. The molecule has 2 aliphatic heterocycles. The molecule has 1 saturated heterocycles. The number of alkyl halides is 3. The minimum atomic E-state index is -4.29. The van der Waals surface area contributed by atoms with Gasteiger partial charge in [0.15, 0.2) is 0 Å². The van der Waals surface area contributed by atoms with Crippen molar-refractivity contribution in [3.63, 3.8) is 0 Å². The van der Waals surface area contributed by atoms with Crippen LogP contribution in [0.4, 0.5) is 13.2 Å². The second-order valence-corrected chi connectivity index (χ2v) is 5.37. The summed E-state index contributed by atoms with van der Waals surface area (Å²) in [6.07, 6.45) is -1.15. The molecule has 2 bridgehead atoms. The summed E-state index contributed by atoms with van der Waals surface area (Å²) in [7, 11) is 0. The zero-order chi connectivity index (χ0) is 14.2. The van der Waals surface area contributed by atoms with Gasteiger partial charge in [-0.3, -0.25) is 0 Å². The fourth-order valence-electron chi connectivity index (χ4n) is 2.95. The van der Waals surface area contributed by atoms with E-state index in [1.165, 1.54) is 6.07 Å². The summed E-state index contributed by atoms with van der Waals surface area (Å²) < 4.78 is 44.4. The maximum Gasteiger partial charge on any atom is 0.416 e. The van der Waals surface area contributed by atoms with Crippen LogP contribution < -0.4 is 5.32 Å². The minimum Gasteiger partial charge on any atom is -0.378 e. The number of hydrogen-bond donors (Lipinski definition) is 1. The lowest BCUT2D eigenvalue weighted by atomic mass is 9.90. The van der Waals surface area contributed by atoms with E-state index in [0.29, 0.717) is 25.2 Å². The van der Waals surface area contributed by atoms with Crippen LogP contribution in [0.15, 0.2) is 35.9 Å². The van der Waals surface area contributed by atoms with E-state index in [2.05, 4.69) is 5.32 Å². The Morgan fingerprint density at radius 1 is 1.20 bits per heavy atom. The van der Waals surface area contributed by atoms with Gasteiger partial charge in [-0.2, -0.15) is 13.2 Å². The molecule has 108 valence electrons. The summed E-state index contributed by atoms with van der Waals surface area (Å²) in [5, 5.41) is 3.39. The molecule has 0 aliphatic carbocycles. The van der Waals surface area contributed by atoms with E-state index in [9.17, 15) is 13.2 Å². The first-order valence-corrected chi connectivity index (χ1v) is 6.71. The third-order valence-electron chi connectivity index (χ3n) is 3.75. The van der Waals surface area contributed by atoms with Crippen molar-refractivity contribution < 1.29 is 17.9 Å². The molecule has 3 rings (SSSR count). The Morgan fingerprint density at radius 3 is 2.75 bits per heavy atom. The summed E-state index contributed by atoms with van der Waals surface area (Å²) in [5.41, 5.74) is 0.895. The van der Waals surface area contributed by atoms with Crippen LogP contribution >= 0.6 is 0 Å². The van der Waals surface area contributed by atoms with Crippen LogP contribution in [0.3, 0.4) is 0 Å². The Hall–Kier alpha value is -1.33. The van der Waals surface area contributed by atoms with Gasteiger partial charge in [0.05, 0.1) is 18.8 Å². The second kappa shape index (κ2) is 5.22. The van der Waals surface area contributed by atoms with E-state index in [1.54, 1.807) is 12.1 Å². The van der Waals surface area contributed by atoms with Crippen molar-refractivity contribution in [1.82, 2.24) is 5.32 Å². The normalized spacial score (nSPS) is 26.2. The molecule has 20 heavy (non-hydrogen) atoms. The van der Waals surface area contributed by atoms with Gasteiger partial charge >= 0.3 is 6.18 Å². The highest BCUT2D eigenvalue weighted by molar-refractivity contribution is 5.34. The molecule has 1 aromatic carbocycles. The van der Waals surface area contributed by atoms with Gasteiger partial charge in [0, 0.05) is 12.1 Å². The Morgan fingerprint density at radius 2 is 2.00 bits per heavy atom. The second-order valence-electron chi connectivity index (χ2n) is 5.37. The molecule has 1 N–H and O–H groups in total. The fourth-order valence-corrected chi connectivity index (χ4v) is 2.95. The first-order chi connectivity index (χ1) is 9.52. The van der Waals surface area contributed by atoms with Crippen molar-refractivity contribution in [3.8, 4) is 0 Å². The third kappa shape index (κ3) is 2.88. The van der Waals surface area contributed by atoms with Crippen molar-refractivity contribution in [1.29, 1.82) is 0 Å². The smallest absolute Gasteiger partial charge is 0.378 e. The summed E-state index contributed by atoms with van der Waals surface area (Å²) in [5.74, 6) is 0. The van der Waals surface area contributed by atoms with Crippen molar-refractivity contribution in [2.45, 2.75) is 31.1 Å². The Bertz CT molecular complexity index is 524. The summed E-state index contributed by atoms with van der Waals surface area (Å²) in [6, 6.07) is 6.18. The molecule has 1 fully saturated rings. The van der Waals surface area contributed by atoms with Crippen molar-refractivity contribution in [2.24, 2.45) is 0 Å². The number of benzene rings is 1. The summed E-state index contributed by atoms with van der Waals surface area (Å²) >= 11 is 0. The van der Waals surface area contributed by atoms with Gasteiger partial charge in [0.1, 0.15) is 0 Å². The monoisotopic (exact) mass is 283 g/mol. The van der Waals surface area contributed by atoms with Crippen LogP contribution in [-0.2, 0) is 17.3 Å². The molecule has 2 unspecified atom stereocenters. The average molecular weight is 283 g/mol. The van der Waals surface area contributed by atoms with Crippen molar-refractivity contribution in [3.05, 3.63) is 47.0 Å². The topological polar surface area (TPSA) is 21.3 Å². The number of fused-ring (bicyclic) bond motifs is 2. The molecular weight excluding hydrogens is 267 g/mol. The van der Waals surface area contributed by atoms with Gasteiger partial charge in [-0.15, -0.1) is 0 Å². The predicted molar refractivity (Wildman–Crippen MR) is 69.4 cm³/mol. The Kier molecular flexibility index (Phi) is 3.56. The van der Waals surface area contributed by atoms with E-state index in [-0.39, 0.29) is 12.1 Å². The lowest BCUT2D eigenvalue weighted by Gasteiger charge is -2.35. The molecule has 2 nitrogen and oxygen atoms in total. The van der Waals surface area contributed by atoms with Gasteiger partial charge < -0.3 is 10.1 Å². The Balaban J connectivity index is 1.83. The number of hydrogen-bond acceptors (Lipinski definition) is 2. The molecule has 1 aromatic rings. The first-order valence-electron chi connectivity index (χ1n) is 6.71. The highest BCUT2D eigenvalue weighted by Crippen LogP contribution is 2.33. The van der Waals surface area contributed by atoms with E-state index in [0.717, 1.165) is 18.1 Å². The van der Waals surface area contributed by atoms with Crippen molar-refractivity contribution >= 4 is 0 Å². The lowest BCUT2D eigenvalue weighted by Crippen LogP contribution is -2.50. The van der Waals surface area contributed by atoms with E-state index < -0.39 is 11.7 Å². The van der Waals surface area contributed by atoms with Gasteiger partial charge in [-0.1, -0.05) is 29.8 Å². The molecule has 2 atom stereocenters. The first kappa shape index (κ1) is 13.6. The molecule has 2 heterocycles. The van der Waals surface area contributed by atoms with Crippen molar-refractivity contribution in [2.75, 3.05) is 13.2 Å². The summed E-state index contributed by atoms with van der Waals surface area (Å²) in [6.45, 7) is 1.23. The van der Waals surface area contributed by atoms with Gasteiger partial charge in [0.25, 0.3) is 0 Å². The fraction of sp³-hybridized carbons (Fsp3) is 0.467. The van der Waals surface area contributed by atoms with Crippen LogP contribution in [0.5, 0.6) is 0 Å². The number of halogens is 3. The van der Waals surface area contributed by atoms with Crippen LogP contribution in [-0.4, -0.2) is 25.3 Å². The van der Waals surface area contributed by atoms with Gasteiger partial charge in [-0.25, -0.2) is 0 Å². The standard InChI is InChI=1S/C15H16F3NO/c16-15(17,18)14-4-2-1-3-11(14)5-10-6-12-8-20-9-13(7-10)19-12/h1-4,6,12-13,19H,5,7-9H2. The summed E-state index contributed by atoms with van der Waals surface area (Å²) in [4.78, 5) is 0. The zero-order valence-corrected chi connectivity index (χ0v) is 10.9. The molecule has 5 heteroatoms. The van der Waals surface area contributed by atoms with Crippen LogP contribution in [0.2, 0.25) is 0 Å². The molecule has 0 aromatic heterocycles. The van der Waals surface area contributed by atoms with Gasteiger partial charge in [0.2, 0.25) is 0 Å². The number of morpholine rings is 1. The maximum absolute atomic E-state index is 13.0. The quantitative estimate of drug-likeness (QED) is 0.843. The number of ether oxygens (including phenoxy) is 1. The van der Waals surface area contributed by atoms with E-state index in [4.69, 9.17) is 4.74 Å². The predicted octanol–water partition coefficient (Wildman–Crippen LogP) is 2.94. The minimum absolute atomic E-state index is 0.135.